The van der Waals surface area contributed by atoms with Crippen LogP contribution in [0, 0.1) is 17.7 Å². The van der Waals surface area contributed by atoms with Crippen LogP contribution in [0.1, 0.15) is 51.1 Å². The molecule has 0 spiro atoms. The number of nitrogens with zero attached hydrogens (tertiary/aromatic N) is 1. The molecule has 1 saturated carbocycles. The van der Waals surface area contributed by atoms with E-state index in [0.717, 1.165) is 44.3 Å². The fourth-order valence-corrected chi connectivity index (χ4v) is 3.65. The molecule has 3 nitrogen and oxygen atoms in total. The van der Waals surface area contributed by atoms with Crippen LogP contribution in [-0.2, 0) is 4.79 Å². The van der Waals surface area contributed by atoms with Crippen LogP contribution in [0.2, 0.25) is 0 Å². The van der Waals surface area contributed by atoms with E-state index in [4.69, 9.17) is 0 Å². The van der Waals surface area contributed by atoms with E-state index in [-0.39, 0.29) is 11.9 Å². The second-order valence-electron chi connectivity index (χ2n) is 7.07. The van der Waals surface area contributed by atoms with Crippen LogP contribution in [0.3, 0.4) is 0 Å². The highest BCUT2D eigenvalue weighted by atomic mass is 19.1. The molecular weight excluding hydrogens is 291 g/mol. The summed E-state index contributed by atoms with van der Waals surface area (Å²) in [5.74, 6) is 0.957. The van der Waals surface area contributed by atoms with Gasteiger partial charge in [-0.2, -0.15) is 0 Å². The summed E-state index contributed by atoms with van der Waals surface area (Å²) in [6.45, 7) is 5.99. The highest BCUT2D eigenvalue weighted by molar-refractivity contribution is 5.81. The average Bonchev–Trinajstić information content (AvgIpc) is 3.39. The molecule has 4 heteroatoms. The lowest BCUT2D eigenvalue weighted by atomic mass is 9.88. The molecule has 1 saturated heterocycles. The molecule has 1 aliphatic heterocycles. The predicted octanol–water partition coefficient (Wildman–Crippen LogP) is 3.51. The van der Waals surface area contributed by atoms with E-state index >= 15 is 0 Å². The van der Waals surface area contributed by atoms with E-state index in [1.165, 1.54) is 6.07 Å². The smallest absolute Gasteiger partial charge is 0.225 e. The maximum atomic E-state index is 13.4. The maximum Gasteiger partial charge on any atom is 0.225 e. The summed E-state index contributed by atoms with van der Waals surface area (Å²) in [5.41, 5.74) is 0.983. The van der Waals surface area contributed by atoms with Gasteiger partial charge in [-0.05, 0) is 49.8 Å². The summed E-state index contributed by atoms with van der Waals surface area (Å²) in [6.07, 6.45) is 4.19. The summed E-state index contributed by atoms with van der Waals surface area (Å²) in [5, 5.41) is 3.66. The Labute approximate surface area is 138 Å². The van der Waals surface area contributed by atoms with Crippen LogP contribution in [0.4, 0.5) is 4.39 Å². The van der Waals surface area contributed by atoms with Gasteiger partial charge in [0, 0.05) is 31.1 Å². The van der Waals surface area contributed by atoms with Crippen LogP contribution in [-0.4, -0.2) is 29.9 Å². The number of hydrogen-bond acceptors (Lipinski definition) is 2. The van der Waals surface area contributed by atoms with E-state index in [1.54, 1.807) is 12.1 Å². The molecule has 1 aromatic carbocycles. The van der Waals surface area contributed by atoms with Crippen molar-refractivity contribution < 1.29 is 9.18 Å². The summed E-state index contributed by atoms with van der Waals surface area (Å²) >= 11 is 0. The molecule has 3 rings (SSSR count). The lowest BCUT2D eigenvalue weighted by Crippen LogP contribution is -2.51. The van der Waals surface area contributed by atoms with Crippen molar-refractivity contribution in [3.63, 3.8) is 0 Å². The zero-order valence-corrected chi connectivity index (χ0v) is 14.1. The Kier molecular flexibility index (Phi) is 5.00. The number of carbonyl (C=O) groups excluding carboxylic acids is 1. The fraction of sp³-hybridized carbons (Fsp3) is 0.632. The highest BCUT2D eigenvalue weighted by Gasteiger charge is 2.37. The van der Waals surface area contributed by atoms with Gasteiger partial charge in [0.25, 0.3) is 0 Å². The first-order valence-electron chi connectivity index (χ1n) is 8.88. The van der Waals surface area contributed by atoms with Crippen molar-refractivity contribution in [1.82, 2.24) is 10.2 Å². The molecule has 0 bridgehead atoms. The first-order chi connectivity index (χ1) is 11.1. The normalized spacial score (nSPS) is 26.1. The third kappa shape index (κ3) is 3.92. The monoisotopic (exact) mass is 318 g/mol. The number of hydrogen-bond donors (Lipinski definition) is 1. The molecule has 3 unspecified atom stereocenters. The lowest BCUT2D eigenvalue weighted by Gasteiger charge is -2.40. The van der Waals surface area contributed by atoms with Gasteiger partial charge in [0.05, 0.1) is 0 Å². The minimum Gasteiger partial charge on any atom is -0.342 e. The average molecular weight is 318 g/mol. The number of halogens is 1. The van der Waals surface area contributed by atoms with E-state index < -0.39 is 0 Å². The second-order valence-corrected chi connectivity index (χ2v) is 7.07. The van der Waals surface area contributed by atoms with Gasteiger partial charge in [-0.25, -0.2) is 4.39 Å². The van der Waals surface area contributed by atoms with Gasteiger partial charge in [-0.15, -0.1) is 0 Å². The third-order valence-corrected chi connectivity index (χ3v) is 5.31. The number of amides is 1. The van der Waals surface area contributed by atoms with E-state index in [2.05, 4.69) is 24.1 Å². The molecule has 1 aliphatic carbocycles. The molecule has 1 heterocycles. The highest BCUT2D eigenvalue weighted by Crippen LogP contribution is 2.33. The first kappa shape index (κ1) is 16.4. The molecule has 1 N–H and O–H groups in total. The summed E-state index contributed by atoms with van der Waals surface area (Å²) < 4.78 is 13.4. The van der Waals surface area contributed by atoms with Crippen LogP contribution >= 0.6 is 0 Å². The van der Waals surface area contributed by atoms with Gasteiger partial charge in [0.2, 0.25) is 5.91 Å². The fourth-order valence-electron chi connectivity index (χ4n) is 3.65. The van der Waals surface area contributed by atoms with Gasteiger partial charge >= 0.3 is 0 Å². The Hall–Kier alpha value is -1.42. The van der Waals surface area contributed by atoms with Gasteiger partial charge in [0.1, 0.15) is 5.82 Å². The minimum absolute atomic E-state index is 0.121. The number of benzene rings is 1. The summed E-state index contributed by atoms with van der Waals surface area (Å²) in [4.78, 5) is 14.3. The molecule has 2 fully saturated rings. The number of carbonyl (C=O) groups is 1. The van der Waals surface area contributed by atoms with E-state index in [1.807, 2.05) is 6.07 Å². The van der Waals surface area contributed by atoms with Gasteiger partial charge < -0.3 is 10.2 Å². The Morgan fingerprint density at radius 2 is 2.17 bits per heavy atom. The van der Waals surface area contributed by atoms with Gasteiger partial charge in [0.15, 0.2) is 0 Å². The third-order valence-electron chi connectivity index (χ3n) is 5.31. The largest absolute Gasteiger partial charge is 0.342 e. The molecule has 126 valence electrons. The molecule has 0 aromatic heterocycles. The molecule has 1 amide bonds. The van der Waals surface area contributed by atoms with Gasteiger partial charge in [-0.1, -0.05) is 25.5 Å². The van der Waals surface area contributed by atoms with Crippen molar-refractivity contribution >= 4 is 5.91 Å². The van der Waals surface area contributed by atoms with Crippen molar-refractivity contribution in [2.75, 3.05) is 13.1 Å². The Bertz CT molecular complexity index is 558. The minimum atomic E-state index is -0.187. The Morgan fingerprint density at radius 1 is 1.39 bits per heavy atom. The number of nitrogens with one attached hydrogen (secondary N) is 1. The zero-order chi connectivity index (χ0) is 16.4. The molecule has 0 radical (unpaired) electrons. The topological polar surface area (TPSA) is 32.3 Å². The van der Waals surface area contributed by atoms with Crippen molar-refractivity contribution in [3.8, 4) is 0 Å². The molecule has 1 aromatic rings. The number of rotatable bonds is 5. The van der Waals surface area contributed by atoms with Crippen molar-refractivity contribution in [3.05, 3.63) is 35.6 Å². The standard InChI is InChI=1S/C19H27FN2O/c1-3-14-12-22(19(23)15-7-8-15)10-9-18(14)21-13(2)16-5-4-6-17(20)11-16/h4-6,11,13-15,18,21H,3,7-10,12H2,1-2H3. The van der Waals surface area contributed by atoms with Crippen LogP contribution in [0.15, 0.2) is 24.3 Å². The molecule has 23 heavy (non-hydrogen) atoms. The quantitative estimate of drug-likeness (QED) is 0.901. The first-order valence-corrected chi connectivity index (χ1v) is 8.88. The number of piperidine rings is 1. The van der Waals surface area contributed by atoms with E-state index in [9.17, 15) is 9.18 Å². The molecular formula is C19H27FN2O. The van der Waals surface area contributed by atoms with E-state index in [0.29, 0.717) is 23.8 Å². The summed E-state index contributed by atoms with van der Waals surface area (Å²) in [6, 6.07) is 7.32. The Morgan fingerprint density at radius 3 is 2.83 bits per heavy atom. The zero-order valence-electron chi connectivity index (χ0n) is 14.1. The van der Waals surface area contributed by atoms with Crippen molar-refractivity contribution in [2.24, 2.45) is 11.8 Å². The second kappa shape index (κ2) is 7.00. The number of likely N-dealkylation sites (tertiary alicyclic amines) is 1. The van der Waals surface area contributed by atoms with Crippen molar-refractivity contribution in [1.29, 1.82) is 0 Å². The molecule has 2 aliphatic rings. The van der Waals surface area contributed by atoms with Crippen molar-refractivity contribution in [2.45, 2.75) is 51.6 Å². The lowest BCUT2D eigenvalue weighted by molar-refractivity contribution is -0.134. The Balaban J connectivity index is 1.60. The van der Waals surface area contributed by atoms with Crippen LogP contribution in [0.5, 0.6) is 0 Å². The predicted molar refractivity (Wildman–Crippen MR) is 89.4 cm³/mol. The molecule has 3 atom stereocenters. The van der Waals surface area contributed by atoms with Crippen LogP contribution < -0.4 is 5.32 Å². The SMILES string of the molecule is CCC1CN(C(=O)C2CC2)CCC1NC(C)c1cccc(F)c1. The van der Waals surface area contributed by atoms with Gasteiger partial charge in [-0.3, -0.25) is 4.79 Å². The van der Waals surface area contributed by atoms with Crippen LogP contribution in [0.25, 0.3) is 0 Å². The summed E-state index contributed by atoms with van der Waals surface area (Å²) in [7, 11) is 0. The maximum absolute atomic E-state index is 13.4.